The van der Waals surface area contributed by atoms with Crippen LogP contribution in [0, 0.1) is 32.1 Å². The Morgan fingerprint density at radius 3 is 2.33 bits per heavy atom. The highest BCUT2D eigenvalue weighted by Crippen LogP contribution is 2.23. The van der Waals surface area contributed by atoms with E-state index in [2.05, 4.69) is 42.7 Å². The van der Waals surface area contributed by atoms with E-state index in [0.29, 0.717) is 5.57 Å². The fourth-order valence-corrected chi connectivity index (χ4v) is 2.87. The van der Waals surface area contributed by atoms with E-state index in [-0.39, 0.29) is 0 Å². The first-order valence-corrected chi connectivity index (χ1v) is 8.02. The van der Waals surface area contributed by atoms with Crippen LogP contribution in [-0.2, 0) is 0 Å². The first-order chi connectivity index (χ1) is 11.6. The number of benzene rings is 2. The molecule has 1 heterocycles. The zero-order valence-corrected chi connectivity index (χ0v) is 14.2. The maximum Gasteiger partial charge on any atom is 0.0998 e. The van der Waals surface area contributed by atoms with Gasteiger partial charge in [-0.1, -0.05) is 47.5 Å². The third kappa shape index (κ3) is 3.16. The minimum atomic E-state index is 0.666. The molecule has 0 spiro atoms. The smallest absolute Gasteiger partial charge is 0.0998 e. The molecule has 0 fully saturated rings. The molecule has 118 valence electrons. The lowest BCUT2D eigenvalue weighted by atomic mass is 10.0. The normalized spacial score (nSPS) is 11.3. The molecule has 0 radical (unpaired) electrons. The van der Waals surface area contributed by atoms with Gasteiger partial charge >= 0.3 is 0 Å². The molecule has 0 amide bonds. The summed E-state index contributed by atoms with van der Waals surface area (Å²) in [6.45, 7) is 6.25. The molecule has 0 unspecified atom stereocenters. The lowest BCUT2D eigenvalue weighted by Gasteiger charge is -2.11. The molecule has 24 heavy (non-hydrogen) atoms. The van der Waals surface area contributed by atoms with Crippen molar-refractivity contribution in [2.24, 2.45) is 0 Å². The lowest BCUT2D eigenvalue weighted by molar-refractivity contribution is 1.04. The van der Waals surface area contributed by atoms with Crippen LogP contribution in [0.15, 0.2) is 60.8 Å². The second-order valence-corrected chi connectivity index (χ2v) is 6.13. The second kappa shape index (κ2) is 6.60. The number of hydrogen-bond donors (Lipinski definition) is 0. The molecule has 0 aliphatic rings. The highest BCUT2D eigenvalue weighted by molar-refractivity contribution is 5.89. The summed E-state index contributed by atoms with van der Waals surface area (Å²) >= 11 is 0. The molecule has 0 aliphatic heterocycles. The van der Waals surface area contributed by atoms with Gasteiger partial charge in [0, 0.05) is 17.6 Å². The van der Waals surface area contributed by atoms with Crippen molar-refractivity contribution in [3.63, 3.8) is 0 Å². The quantitative estimate of drug-likeness (QED) is 0.590. The number of aromatic nitrogens is 1. The van der Waals surface area contributed by atoms with Crippen molar-refractivity contribution >= 4 is 11.6 Å². The number of nitrogens with zero attached hydrogens (tertiary/aromatic N) is 2. The fourth-order valence-electron chi connectivity index (χ4n) is 2.87. The van der Waals surface area contributed by atoms with E-state index in [1.807, 2.05) is 55.6 Å². The van der Waals surface area contributed by atoms with Gasteiger partial charge in [0.05, 0.1) is 11.6 Å². The molecule has 0 aliphatic carbocycles. The molecule has 2 nitrogen and oxygen atoms in total. The van der Waals surface area contributed by atoms with E-state index in [0.717, 1.165) is 16.9 Å². The number of allylic oxidation sites excluding steroid dienone is 1. The van der Waals surface area contributed by atoms with E-state index < -0.39 is 0 Å². The van der Waals surface area contributed by atoms with E-state index in [1.54, 1.807) is 0 Å². The Hall–Kier alpha value is -3.05. The van der Waals surface area contributed by atoms with Crippen molar-refractivity contribution in [2.45, 2.75) is 20.8 Å². The summed E-state index contributed by atoms with van der Waals surface area (Å²) in [5, 5.41) is 9.57. The molecule has 0 N–H and O–H groups in total. The van der Waals surface area contributed by atoms with Crippen LogP contribution in [0.1, 0.15) is 27.9 Å². The van der Waals surface area contributed by atoms with Crippen molar-refractivity contribution in [3.8, 4) is 11.8 Å². The van der Waals surface area contributed by atoms with Crippen LogP contribution in [0.3, 0.4) is 0 Å². The average molecular weight is 312 g/mol. The average Bonchev–Trinajstić information content (AvgIpc) is 3.01. The van der Waals surface area contributed by atoms with Gasteiger partial charge in [0.2, 0.25) is 0 Å². The maximum atomic E-state index is 9.57. The van der Waals surface area contributed by atoms with Gasteiger partial charge in [-0.25, -0.2) is 0 Å². The van der Waals surface area contributed by atoms with Gasteiger partial charge in [0.25, 0.3) is 0 Å². The zero-order chi connectivity index (χ0) is 17.1. The summed E-state index contributed by atoms with van der Waals surface area (Å²) in [6, 6.07) is 20.8. The topological polar surface area (TPSA) is 28.7 Å². The number of hydrogen-bond acceptors (Lipinski definition) is 1. The van der Waals surface area contributed by atoms with Crippen LogP contribution in [0.5, 0.6) is 0 Å². The van der Waals surface area contributed by atoms with E-state index in [1.165, 1.54) is 16.7 Å². The monoisotopic (exact) mass is 312 g/mol. The van der Waals surface area contributed by atoms with Gasteiger partial charge in [0.1, 0.15) is 0 Å². The first kappa shape index (κ1) is 15.8. The number of nitriles is 1. The Balaban J connectivity index is 2.06. The van der Waals surface area contributed by atoms with Crippen molar-refractivity contribution in [1.82, 2.24) is 4.57 Å². The minimum Gasteiger partial charge on any atom is -0.317 e. The summed E-state index contributed by atoms with van der Waals surface area (Å²) < 4.78 is 2.13. The molecule has 0 saturated carbocycles. The van der Waals surface area contributed by atoms with Gasteiger partial charge in [-0.3, -0.25) is 0 Å². The van der Waals surface area contributed by atoms with Crippen molar-refractivity contribution in [3.05, 3.63) is 88.7 Å². The van der Waals surface area contributed by atoms with E-state index in [4.69, 9.17) is 0 Å². The molecule has 1 aromatic heterocycles. The van der Waals surface area contributed by atoms with Crippen LogP contribution in [0.25, 0.3) is 17.3 Å². The predicted molar refractivity (Wildman–Crippen MR) is 99.9 cm³/mol. The van der Waals surface area contributed by atoms with E-state index in [9.17, 15) is 5.26 Å². The van der Waals surface area contributed by atoms with Crippen molar-refractivity contribution in [2.75, 3.05) is 0 Å². The fraction of sp³-hybridized carbons (Fsp3) is 0.136. The third-order valence-electron chi connectivity index (χ3n) is 4.17. The molecule has 3 aromatic rings. The lowest BCUT2D eigenvalue weighted by Crippen LogP contribution is -1.98. The molecular weight excluding hydrogens is 292 g/mol. The molecule has 3 rings (SSSR count). The van der Waals surface area contributed by atoms with Crippen LogP contribution >= 0.6 is 0 Å². The summed E-state index contributed by atoms with van der Waals surface area (Å²) in [4.78, 5) is 0. The maximum absolute atomic E-state index is 9.57. The molecule has 0 atom stereocenters. The highest BCUT2D eigenvalue weighted by atomic mass is 15.0. The van der Waals surface area contributed by atoms with Gasteiger partial charge < -0.3 is 4.57 Å². The molecule has 2 aromatic carbocycles. The number of rotatable bonds is 3. The Labute approximate surface area is 143 Å². The standard InChI is InChI=1S/C22H20N2/c1-16-6-9-19(10-7-16)20(15-23)14-21-5-4-12-24(21)22-11-8-17(2)13-18(22)3/h4-14H,1-3H3/b20-14-. The first-order valence-electron chi connectivity index (χ1n) is 8.02. The summed E-state index contributed by atoms with van der Waals surface area (Å²) in [5.74, 6) is 0. The SMILES string of the molecule is Cc1ccc(/C(C#N)=C\c2cccn2-c2ccc(C)cc2C)cc1. The number of aryl methyl sites for hydroxylation is 3. The predicted octanol–water partition coefficient (Wildman–Crippen LogP) is 5.47. The van der Waals surface area contributed by atoms with Gasteiger partial charge in [-0.2, -0.15) is 5.26 Å². The summed E-state index contributed by atoms with van der Waals surface area (Å²) in [7, 11) is 0. The largest absolute Gasteiger partial charge is 0.317 e. The Morgan fingerprint density at radius 1 is 0.958 bits per heavy atom. The molecule has 0 bridgehead atoms. The van der Waals surface area contributed by atoms with E-state index >= 15 is 0 Å². The van der Waals surface area contributed by atoms with Crippen LogP contribution in [0.4, 0.5) is 0 Å². The summed E-state index contributed by atoms with van der Waals surface area (Å²) in [5.41, 5.74) is 7.40. The molecular formula is C22H20N2. The van der Waals surface area contributed by atoms with Gasteiger partial charge in [0.15, 0.2) is 0 Å². The highest BCUT2D eigenvalue weighted by Gasteiger charge is 2.07. The Morgan fingerprint density at radius 2 is 1.67 bits per heavy atom. The van der Waals surface area contributed by atoms with Crippen LogP contribution in [-0.4, -0.2) is 4.57 Å². The van der Waals surface area contributed by atoms with Crippen LogP contribution in [0.2, 0.25) is 0 Å². The zero-order valence-electron chi connectivity index (χ0n) is 14.2. The van der Waals surface area contributed by atoms with Gasteiger partial charge in [-0.15, -0.1) is 0 Å². The van der Waals surface area contributed by atoms with Gasteiger partial charge in [-0.05, 0) is 56.2 Å². The van der Waals surface area contributed by atoms with Crippen LogP contribution < -0.4 is 0 Å². The summed E-state index contributed by atoms with van der Waals surface area (Å²) in [6.07, 6.45) is 3.98. The third-order valence-corrected chi connectivity index (χ3v) is 4.17. The Bertz CT molecular complexity index is 935. The molecule has 0 saturated heterocycles. The van der Waals surface area contributed by atoms with Crippen molar-refractivity contribution < 1.29 is 0 Å². The Kier molecular flexibility index (Phi) is 4.35. The van der Waals surface area contributed by atoms with Crippen molar-refractivity contribution in [1.29, 1.82) is 5.26 Å². The minimum absolute atomic E-state index is 0.666. The molecule has 2 heteroatoms. The second-order valence-electron chi connectivity index (χ2n) is 6.13.